The van der Waals surface area contributed by atoms with Crippen LogP contribution < -0.4 is 15.4 Å². The quantitative estimate of drug-likeness (QED) is 0.142. The summed E-state index contributed by atoms with van der Waals surface area (Å²) >= 11 is 2.22. The predicted octanol–water partition coefficient (Wildman–Crippen LogP) is 7.06. The van der Waals surface area contributed by atoms with Gasteiger partial charge >= 0.3 is 0 Å². The summed E-state index contributed by atoms with van der Waals surface area (Å²) < 4.78 is 61.6. The Morgan fingerprint density at radius 3 is 2.21 bits per heavy atom. The molecule has 1 aliphatic rings. The Morgan fingerprint density at radius 2 is 1.59 bits per heavy atom. The third-order valence-electron chi connectivity index (χ3n) is 6.59. The van der Waals surface area contributed by atoms with Gasteiger partial charge in [0.25, 0.3) is 0 Å². The van der Waals surface area contributed by atoms with E-state index in [9.17, 15) is 17.4 Å². The lowest BCUT2D eigenvalue weighted by Gasteiger charge is -2.28. The van der Waals surface area contributed by atoms with E-state index in [1.807, 2.05) is 0 Å². The Labute approximate surface area is 241 Å². The molecule has 1 unspecified atom stereocenters. The second-order valence-corrected chi connectivity index (χ2v) is 14.8. The molecule has 12 heteroatoms. The second kappa shape index (κ2) is 11.5. The van der Waals surface area contributed by atoms with Gasteiger partial charge in [-0.15, -0.1) is 0 Å². The Hall–Kier alpha value is -2.58. The Balaban J connectivity index is 1.54. The lowest BCUT2D eigenvalue weighted by atomic mass is 9.89. The van der Waals surface area contributed by atoms with Crippen molar-refractivity contribution in [2.45, 2.75) is 51.2 Å². The van der Waals surface area contributed by atoms with Crippen LogP contribution in [0.1, 0.15) is 50.7 Å². The zero-order chi connectivity index (χ0) is 28.5. The fourth-order valence-corrected chi connectivity index (χ4v) is 5.50. The van der Waals surface area contributed by atoms with Crippen LogP contribution in [-0.4, -0.2) is 41.0 Å². The molecule has 0 saturated carbocycles. The van der Waals surface area contributed by atoms with Gasteiger partial charge in [-0.05, 0) is 82.7 Å². The highest BCUT2D eigenvalue weighted by atomic mass is 127. The van der Waals surface area contributed by atoms with Crippen LogP contribution in [0.2, 0.25) is 0 Å². The molecule has 0 aliphatic carbocycles. The highest BCUT2D eigenvalue weighted by Crippen LogP contribution is 2.35. The maximum atomic E-state index is 15.0. The first kappa shape index (κ1) is 29.4. The maximum Gasteiger partial charge on any atom is 0.229 e. The number of hydrogen-bond donors (Lipinski definition) is 3. The summed E-state index contributed by atoms with van der Waals surface area (Å²) in [6, 6.07) is 6.61. The molecule has 0 amide bonds. The number of aromatic nitrogens is 2. The minimum absolute atomic E-state index is 0.108. The molecule has 1 atom stereocenters. The molecule has 0 radical (unpaired) electrons. The molecule has 1 saturated heterocycles. The van der Waals surface area contributed by atoms with E-state index in [4.69, 9.17) is 0 Å². The van der Waals surface area contributed by atoms with Crippen molar-refractivity contribution in [1.82, 2.24) is 13.1 Å². The fourth-order valence-electron chi connectivity index (χ4n) is 4.14. The summed E-state index contributed by atoms with van der Waals surface area (Å²) in [5.41, 5.74) is 1.61. The SMILES string of the molecule is C=S(=O)(Nc1cc(F)cc(Nc2nc(Nc3cc(F)c(C4CCN(I)CC4)c(F)c3)ncc2C)c1)C(C)(C)C. The number of nitrogens with one attached hydrogen (secondary N) is 3. The molecule has 3 N–H and O–H groups in total. The van der Waals surface area contributed by atoms with Gasteiger partial charge in [-0.2, -0.15) is 4.98 Å². The van der Waals surface area contributed by atoms with Crippen molar-refractivity contribution >= 4 is 67.3 Å². The molecule has 4 rings (SSSR count). The van der Waals surface area contributed by atoms with E-state index in [1.165, 1.54) is 30.5 Å². The number of anilines is 5. The number of halogens is 4. The van der Waals surface area contributed by atoms with E-state index >= 15 is 0 Å². The third kappa shape index (κ3) is 7.14. The first-order valence-electron chi connectivity index (χ1n) is 12.4. The number of aryl methyl sites for hydroxylation is 1. The molecule has 3 aromatic rings. The average molecular weight is 673 g/mol. The van der Waals surface area contributed by atoms with E-state index in [0.717, 1.165) is 13.1 Å². The molecule has 2 aromatic carbocycles. The zero-order valence-corrected chi connectivity index (χ0v) is 25.2. The van der Waals surface area contributed by atoms with E-state index in [-0.39, 0.29) is 23.1 Å². The van der Waals surface area contributed by atoms with Gasteiger partial charge < -0.3 is 15.4 Å². The lowest BCUT2D eigenvalue weighted by molar-refractivity contribution is 0.354. The molecule has 7 nitrogen and oxygen atoms in total. The van der Waals surface area contributed by atoms with Crippen molar-refractivity contribution in [3.05, 3.63) is 65.1 Å². The lowest BCUT2D eigenvalue weighted by Crippen LogP contribution is -2.33. The second-order valence-electron chi connectivity index (χ2n) is 10.6. The van der Waals surface area contributed by atoms with E-state index in [0.29, 0.717) is 35.6 Å². The summed E-state index contributed by atoms with van der Waals surface area (Å²) in [5.74, 6) is 2.33. The average Bonchev–Trinajstić information content (AvgIpc) is 2.80. The normalized spacial score (nSPS) is 16.5. The molecule has 1 fully saturated rings. The monoisotopic (exact) mass is 672 g/mol. The van der Waals surface area contributed by atoms with E-state index < -0.39 is 31.9 Å². The van der Waals surface area contributed by atoms with Crippen LogP contribution in [0.3, 0.4) is 0 Å². The van der Waals surface area contributed by atoms with Gasteiger partial charge in [0.2, 0.25) is 5.95 Å². The molecule has 2 heterocycles. The van der Waals surface area contributed by atoms with E-state index in [1.54, 1.807) is 33.8 Å². The van der Waals surface area contributed by atoms with E-state index in [2.05, 4.69) is 57.2 Å². The van der Waals surface area contributed by atoms with Gasteiger partial charge in [0.05, 0.1) is 15.4 Å². The first-order chi connectivity index (χ1) is 18.2. The summed E-state index contributed by atoms with van der Waals surface area (Å²) in [6.45, 7) is 8.68. The molecule has 210 valence electrons. The summed E-state index contributed by atoms with van der Waals surface area (Å²) in [4.78, 5) is 8.64. The van der Waals surface area contributed by atoms with Gasteiger partial charge in [0, 0.05) is 69.4 Å². The molecule has 1 aromatic heterocycles. The largest absolute Gasteiger partial charge is 0.340 e. The van der Waals surface area contributed by atoms with Gasteiger partial charge in [-0.3, -0.25) is 0 Å². The zero-order valence-electron chi connectivity index (χ0n) is 22.2. The molecule has 39 heavy (non-hydrogen) atoms. The van der Waals surface area contributed by atoms with Crippen molar-refractivity contribution < 1.29 is 17.4 Å². The minimum atomic E-state index is -2.77. The van der Waals surface area contributed by atoms with Crippen molar-refractivity contribution in [2.24, 2.45) is 0 Å². The molecular weight excluding hydrogens is 640 g/mol. The number of hydrogen-bond acceptors (Lipinski definition) is 6. The van der Waals surface area contributed by atoms with Crippen LogP contribution in [0, 0.1) is 24.4 Å². The number of nitrogens with zero attached hydrogens (tertiary/aromatic N) is 3. The van der Waals surface area contributed by atoms with Crippen molar-refractivity contribution in [3.8, 4) is 0 Å². The van der Waals surface area contributed by atoms with Crippen molar-refractivity contribution in [2.75, 3.05) is 28.4 Å². The van der Waals surface area contributed by atoms with Crippen LogP contribution in [-0.2, 0) is 9.71 Å². The smallest absolute Gasteiger partial charge is 0.229 e. The van der Waals surface area contributed by atoms with Crippen molar-refractivity contribution in [1.29, 1.82) is 0 Å². The number of piperidine rings is 1. The standard InChI is InChI=1S/C27H32F3IN6OS/c1-16-15-32-26(34-20-13-22(29)24(23(30)14-20)17-6-8-37(31)9-7-17)35-25(16)33-19-10-18(28)11-21(12-19)36-39(5,38)27(2,3)4/h10-15,17H,5-9H2,1-4H3,(H,36,38)(H2,32,33,34,35). The Bertz CT molecular complexity index is 1450. The van der Waals surface area contributed by atoms with Crippen LogP contribution in [0.5, 0.6) is 0 Å². The maximum absolute atomic E-state index is 15.0. The van der Waals surface area contributed by atoms with Crippen molar-refractivity contribution in [3.63, 3.8) is 0 Å². The molecule has 0 spiro atoms. The predicted molar refractivity (Wildman–Crippen MR) is 162 cm³/mol. The van der Waals surface area contributed by atoms with Gasteiger partial charge in [0.1, 0.15) is 23.3 Å². The van der Waals surface area contributed by atoms with Gasteiger partial charge in [0.15, 0.2) is 0 Å². The summed E-state index contributed by atoms with van der Waals surface area (Å²) in [7, 11) is -2.77. The fraction of sp³-hybridized carbons (Fsp3) is 0.370. The first-order valence-corrected chi connectivity index (χ1v) is 15.1. The van der Waals surface area contributed by atoms with Gasteiger partial charge in [-0.1, -0.05) is 0 Å². The summed E-state index contributed by atoms with van der Waals surface area (Å²) in [6.07, 6.45) is 2.93. The summed E-state index contributed by atoms with van der Waals surface area (Å²) in [5, 5.41) is 5.91. The Kier molecular flexibility index (Phi) is 8.67. The molecular formula is C27H32F3IN6OS. The van der Waals surface area contributed by atoms with Gasteiger partial charge in [-0.25, -0.2) is 25.5 Å². The third-order valence-corrected chi connectivity index (χ3v) is 10.1. The minimum Gasteiger partial charge on any atom is -0.340 e. The number of rotatable bonds is 7. The van der Waals surface area contributed by atoms with Crippen LogP contribution >= 0.6 is 22.9 Å². The number of benzene rings is 2. The topological polar surface area (TPSA) is 82.2 Å². The molecule has 0 bridgehead atoms. The highest BCUT2D eigenvalue weighted by Gasteiger charge is 2.26. The van der Waals surface area contributed by atoms with Crippen LogP contribution in [0.15, 0.2) is 36.5 Å². The van der Waals surface area contributed by atoms with Crippen LogP contribution in [0.4, 0.5) is 42.0 Å². The molecule has 1 aliphatic heterocycles. The highest BCUT2D eigenvalue weighted by molar-refractivity contribution is 14.1. The Morgan fingerprint density at radius 1 is 1.00 bits per heavy atom. The van der Waals surface area contributed by atoms with Crippen LogP contribution in [0.25, 0.3) is 0 Å².